The Labute approximate surface area is 151 Å². The number of allylic oxidation sites excluding steroid dienone is 1. The van der Waals surface area contributed by atoms with E-state index in [1.54, 1.807) is 10.4 Å². The van der Waals surface area contributed by atoms with Crippen molar-refractivity contribution in [1.29, 1.82) is 0 Å². The van der Waals surface area contributed by atoms with Crippen LogP contribution in [-0.4, -0.2) is 55.5 Å². The van der Waals surface area contributed by atoms with Crippen LogP contribution in [0.3, 0.4) is 0 Å². The fourth-order valence-corrected chi connectivity index (χ4v) is 7.68. The molecule has 0 atom stereocenters. The minimum absolute atomic E-state index is 0.112. The number of carbonyl (C=O) groups excluding carboxylic acids is 1. The molecule has 5 rings (SSSR count). The van der Waals surface area contributed by atoms with Crippen molar-refractivity contribution in [2.24, 2.45) is 23.2 Å². The monoisotopic (exact) mass is 366 g/mol. The minimum atomic E-state index is -3.22. The van der Waals surface area contributed by atoms with E-state index in [0.29, 0.717) is 38.5 Å². The molecule has 1 saturated heterocycles. The van der Waals surface area contributed by atoms with E-state index in [0.717, 1.165) is 37.0 Å². The second-order valence-electron chi connectivity index (χ2n) is 8.78. The summed E-state index contributed by atoms with van der Waals surface area (Å²) in [6, 6.07) is 0. The van der Waals surface area contributed by atoms with Crippen molar-refractivity contribution >= 4 is 15.9 Å². The smallest absolute Gasteiger partial charge is 0.228 e. The van der Waals surface area contributed by atoms with Gasteiger partial charge in [0.05, 0.1) is 11.2 Å². The quantitative estimate of drug-likeness (QED) is 0.701. The number of amides is 1. The van der Waals surface area contributed by atoms with Gasteiger partial charge in [0.15, 0.2) is 0 Å². The summed E-state index contributed by atoms with van der Waals surface area (Å²) in [5.41, 5.74) is -0.112. The average molecular weight is 367 g/mol. The lowest BCUT2D eigenvalue weighted by Gasteiger charge is -2.57. The maximum atomic E-state index is 13.3. The first-order valence-corrected chi connectivity index (χ1v) is 11.4. The van der Waals surface area contributed by atoms with E-state index in [2.05, 4.69) is 6.58 Å². The molecule has 0 aromatic heterocycles. The van der Waals surface area contributed by atoms with Crippen molar-refractivity contribution in [3.63, 3.8) is 0 Å². The van der Waals surface area contributed by atoms with Gasteiger partial charge in [0, 0.05) is 26.2 Å². The summed E-state index contributed by atoms with van der Waals surface area (Å²) in [6.07, 6.45) is 9.37. The predicted molar refractivity (Wildman–Crippen MR) is 97.4 cm³/mol. The van der Waals surface area contributed by atoms with Gasteiger partial charge in [-0.05, 0) is 62.7 Å². The van der Waals surface area contributed by atoms with Crippen molar-refractivity contribution in [2.45, 2.75) is 44.9 Å². The molecule has 5 fully saturated rings. The summed E-state index contributed by atoms with van der Waals surface area (Å²) >= 11 is 0. The van der Waals surface area contributed by atoms with Crippen LogP contribution in [0, 0.1) is 23.2 Å². The molecule has 0 aromatic rings. The van der Waals surface area contributed by atoms with Crippen LogP contribution in [0.25, 0.3) is 0 Å². The van der Waals surface area contributed by atoms with Crippen LogP contribution in [0.2, 0.25) is 0 Å². The molecule has 5 nitrogen and oxygen atoms in total. The Morgan fingerprint density at radius 1 is 1.00 bits per heavy atom. The van der Waals surface area contributed by atoms with Crippen LogP contribution in [-0.2, 0) is 14.8 Å². The van der Waals surface area contributed by atoms with Gasteiger partial charge in [-0.2, -0.15) is 4.31 Å². The van der Waals surface area contributed by atoms with Gasteiger partial charge < -0.3 is 4.90 Å². The predicted octanol–water partition coefficient (Wildman–Crippen LogP) is 2.25. The van der Waals surface area contributed by atoms with Crippen LogP contribution in [0.4, 0.5) is 0 Å². The number of piperazine rings is 1. The van der Waals surface area contributed by atoms with E-state index in [-0.39, 0.29) is 11.2 Å². The number of hydrogen-bond donors (Lipinski definition) is 0. The molecular formula is C19H30N2O3S. The highest BCUT2D eigenvalue weighted by Gasteiger charge is 2.55. The number of carbonyl (C=O) groups is 1. The Kier molecular flexibility index (Phi) is 4.47. The molecule has 0 unspecified atom stereocenters. The Balaban J connectivity index is 1.40. The summed E-state index contributed by atoms with van der Waals surface area (Å²) in [7, 11) is -3.22. The van der Waals surface area contributed by atoms with Gasteiger partial charge in [-0.15, -0.1) is 6.58 Å². The van der Waals surface area contributed by atoms with E-state index < -0.39 is 10.0 Å². The number of nitrogens with zero attached hydrogens (tertiary/aromatic N) is 2. The second kappa shape index (κ2) is 6.38. The van der Waals surface area contributed by atoms with Gasteiger partial charge in [0.25, 0.3) is 0 Å². The first-order chi connectivity index (χ1) is 11.9. The molecule has 5 aliphatic rings. The lowest BCUT2D eigenvalue weighted by Crippen LogP contribution is -2.58. The summed E-state index contributed by atoms with van der Waals surface area (Å²) in [5, 5.41) is 0. The third-order valence-corrected chi connectivity index (χ3v) is 8.89. The Morgan fingerprint density at radius 2 is 1.52 bits per heavy atom. The SMILES string of the molecule is C=CCCS(=O)(=O)N1CCN(C(=O)C23CC4CC(CC(C4)C2)C3)CC1. The molecule has 1 aliphatic heterocycles. The van der Waals surface area contributed by atoms with Crippen molar-refractivity contribution in [1.82, 2.24) is 9.21 Å². The maximum Gasteiger partial charge on any atom is 0.228 e. The molecule has 4 bridgehead atoms. The van der Waals surface area contributed by atoms with Gasteiger partial charge >= 0.3 is 0 Å². The maximum absolute atomic E-state index is 13.3. The molecule has 25 heavy (non-hydrogen) atoms. The van der Waals surface area contributed by atoms with E-state index in [4.69, 9.17) is 0 Å². The summed E-state index contributed by atoms with van der Waals surface area (Å²) in [6.45, 7) is 5.58. The van der Waals surface area contributed by atoms with Gasteiger partial charge in [-0.25, -0.2) is 8.42 Å². The molecule has 1 heterocycles. The van der Waals surface area contributed by atoms with Crippen LogP contribution >= 0.6 is 0 Å². The summed E-state index contributed by atoms with van der Waals surface area (Å²) in [4.78, 5) is 15.3. The average Bonchev–Trinajstić information content (AvgIpc) is 2.58. The third-order valence-electron chi connectivity index (χ3n) is 6.99. The molecule has 1 amide bonds. The van der Waals surface area contributed by atoms with Crippen LogP contribution in [0.1, 0.15) is 44.9 Å². The lowest BCUT2D eigenvalue weighted by molar-refractivity contribution is -0.158. The van der Waals surface area contributed by atoms with Gasteiger partial charge in [-0.1, -0.05) is 6.08 Å². The Morgan fingerprint density at radius 3 is 2.00 bits per heavy atom. The van der Waals surface area contributed by atoms with Crippen LogP contribution < -0.4 is 0 Å². The van der Waals surface area contributed by atoms with E-state index in [9.17, 15) is 13.2 Å². The van der Waals surface area contributed by atoms with Gasteiger partial charge in [-0.3, -0.25) is 4.79 Å². The Hall–Kier alpha value is -0.880. The zero-order chi connectivity index (χ0) is 17.7. The largest absolute Gasteiger partial charge is 0.340 e. The Bertz CT molecular complexity index is 614. The molecular weight excluding hydrogens is 336 g/mol. The summed E-state index contributed by atoms with van der Waals surface area (Å²) in [5.74, 6) is 2.73. The first-order valence-electron chi connectivity index (χ1n) is 9.80. The van der Waals surface area contributed by atoms with Crippen molar-refractivity contribution in [3.8, 4) is 0 Å². The fourth-order valence-electron chi connectivity index (χ4n) is 6.24. The molecule has 6 heteroatoms. The van der Waals surface area contributed by atoms with E-state index >= 15 is 0 Å². The number of sulfonamides is 1. The zero-order valence-corrected chi connectivity index (χ0v) is 15.8. The second-order valence-corrected chi connectivity index (χ2v) is 10.9. The van der Waals surface area contributed by atoms with E-state index in [1.165, 1.54) is 19.3 Å². The lowest BCUT2D eigenvalue weighted by atomic mass is 9.49. The van der Waals surface area contributed by atoms with Crippen molar-refractivity contribution in [2.75, 3.05) is 31.9 Å². The number of hydrogen-bond acceptors (Lipinski definition) is 3. The molecule has 0 spiro atoms. The molecule has 4 aliphatic carbocycles. The topological polar surface area (TPSA) is 57.7 Å². The van der Waals surface area contributed by atoms with Gasteiger partial charge in [0.1, 0.15) is 0 Å². The highest BCUT2D eigenvalue weighted by Crippen LogP contribution is 2.60. The first kappa shape index (κ1) is 17.5. The van der Waals surface area contributed by atoms with Gasteiger partial charge in [0.2, 0.25) is 15.9 Å². The number of rotatable bonds is 5. The zero-order valence-electron chi connectivity index (χ0n) is 15.0. The highest BCUT2D eigenvalue weighted by molar-refractivity contribution is 7.89. The fraction of sp³-hybridized carbons (Fsp3) is 0.842. The minimum Gasteiger partial charge on any atom is -0.340 e. The van der Waals surface area contributed by atoms with Crippen molar-refractivity contribution < 1.29 is 13.2 Å². The molecule has 0 N–H and O–H groups in total. The van der Waals surface area contributed by atoms with Crippen LogP contribution in [0.5, 0.6) is 0 Å². The summed E-state index contributed by atoms with van der Waals surface area (Å²) < 4.78 is 26.2. The normalized spacial score (nSPS) is 38.1. The van der Waals surface area contributed by atoms with E-state index in [1.807, 2.05) is 4.90 Å². The van der Waals surface area contributed by atoms with Crippen LogP contribution in [0.15, 0.2) is 12.7 Å². The molecule has 0 aromatic carbocycles. The molecule has 140 valence electrons. The standard InChI is InChI=1S/C19H30N2O3S/c1-2-3-8-25(23,24)21-6-4-20(5-7-21)18(22)19-12-15-9-16(13-19)11-17(10-15)14-19/h2,15-17H,1,3-14H2. The third kappa shape index (κ3) is 3.16. The molecule has 0 radical (unpaired) electrons. The highest BCUT2D eigenvalue weighted by atomic mass is 32.2. The molecule has 4 saturated carbocycles. The van der Waals surface area contributed by atoms with Crippen molar-refractivity contribution in [3.05, 3.63) is 12.7 Å².